The molecule has 0 aromatic heterocycles. The summed E-state index contributed by atoms with van der Waals surface area (Å²) in [6, 6.07) is 1.88. The predicted octanol–water partition coefficient (Wildman–Crippen LogP) is 1.65. The number of amides is 1. The van der Waals surface area contributed by atoms with Crippen molar-refractivity contribution in [3.05, 3.63) is 0 Å². The Kier molecular flexibility index (Phi) is 4.94. The van der Waals surface area contributed by atoms with Crippen LogP contribution < -0.4 is 10.6 Å². The second-order valence-corrected chi connectivity index (χ2v) is 6.79. The Balaban J connectivity index is 1.30. The first-order valence-corrected chi connectivity index (χ1v) is 8.58. The Hall–Kier alpha value is -0.610. The number of likely N-dealkylation sites (tertiary alicyclic amines) is 1. The molecule has 2 aliphatic heterocycles. The minimum absolute atomic E-state index is 0.266. The summed E-state index contributed by atoms with van der Waals surface area (Å²) in [7, 11) is 0. The fraction of sp³-hybridized carbons (Fsp3) is 0.938. The molecule has 0 radical (unpaired) electrons. The van der Waals surface area contributed by atoms with Gasteiger partial charge >= 0.3 is 0 Å². The third-order valence-electron chi connectivity index (χ3n) is 5.09. The van der Waals surface area contributed by atoms with Crippen LogP contribution in [-0.2, 0) is 4.79 Å². The van der Waals surface area contributed by atoms with Crippen LogP contribution in [-0.4, -0.2) is 48.6 Å². The first kappa shape index (κ1) is 14.3. The van der Waals surface area contributed by atoms with Crippen molar-refractivity contribution in [2.24, 2.45) is 0 Å². The average molecular weight is 279 g/mol. The molecule has 0 spiro atoms. The molecule has 3 fully saturated rings. The van der Waals surface area contributed by atoms with Gasteiger partial charge in [-0.15, -0.1) is 0 Å². The van der Waals surface area contributed by atoms with Crippen molar-refractivity contribution in [3.8, 4) is 0 Å². The van der Waals surface area contributed by atoms with Crippen LogP contribution in [0.1, 0.15) is 57.8 Å². The molecule has 1 atom stereocenters. The van der Waals surface area contributed by atoms with Crippen molar-refractivity contribution in [1.82, 2.24) is 15.5 Å². The minimum Gasteiger partial charge on any atom is -0.353 e. The van der Waals surface area contributed by atoms with E-state index in [0.29, 0.717) is 18.5 Å². The van der Waals surface area contributed by atoms with E-state index in [0.717, 1.165) is 31.8 Å². The SMILES string of the molecule is O=C(CCC1CCCCN1)NC1CCN(C2CC2)CC1. The van der Waals surface area contributed by atoms with Gasteiger partial charge in [-0.2, -0.15) is 0 Å². The second-order valence-electron chi connectivity index (χ2n) is 6.79. The molecule has 4 nitrogen and oxygen atoms in total. The molecule has 0 aromatic carbocycles. The van der Waals surface area contributed by atoms with E-state index < -0.39 is 0 Å². The van der Waals surface area contributed by atoms with Crippen LogP contribution in [0.3, 0.4) is 0 Å². The van der Waals surface area contributed by atoms with Crippen LogP contribution in [0, 0.1) is 0 Å². The number of nitrogens with one attached hydrogen (secondary N) is 2. The maximum absolute atomic E-state index is 12.0. The van der Waals surface area contributed by atoms with Crippen molar-refractivity contribution in [1.29, 1.82) is 0 Å². The van der Waals surface area contributed by atoms with Gasteiger partial charge in [0.1, 0.15) is 0 Å². The first-order chi connectivity index (χ1) is 9.81. The largest absolute Gasteiger partial charge is 0.353 e. The molecule has 0 aromatic rings. The highest BCUT2D eigenvalue weighted by molar-refractivity contribution is 5.76. The van der Waals surface area contributed by atoms with Crippen LogP contribution in [0.5, 0.6) is 0 Å². The molecule has 3 rings (SSSR count). The van der Waals surface area contributed by atoms with Crippen LogP contribution >= 0.6 is 0 Å². The molecule has 2 N–H and O–H groups in total. The van der Waals surface area contributed by atoms with Crippen LogP contribution in [0.25, 0.3) is 0 Å². The number of carbonyl (C=O) groups is 1. The van der Waals surface area contributed by atoms with Crippen molar-refractivity contribution in [2.75, 3.05) is 19.6 Å². The van der Waals surface area contributed by atoms with Gasteiger partial charge in [-0.05, 0) is 51.5 Å². The van der Waals surface area contributed by atoms with Crippen LogP contribution in [0.15, 0.2) is 0 Å². The molecule has 114 valence electrons. The Morgan fingerprint density at radius 2 is 1.90 bits per heavy atom. The van der Waals surface area contributed by atoms with Gasteiger partial charge in [0, 0.05) is 37.6 Å². The topological polar surface area (TPSA) is 44.4 Å². The van der Waals surface area contributed by atoms with Crippen LogP contribution in [0.4, 0.5) is 0 Å². The van der Waals surface area contributed by atoms with Gasteiger partial charge in [0.25, 0.3) is 0 Å². The number of rotatable bonds is 5. The smallest absolute Gasteiger partial charge is 0.220 e. The van der Waals surface area contributed by atoms with E-state index in [1.807, 2.05) is 0 Å². The maximum atomic E-state index is 12.0. The highest BCUT2D eigenvalue weighted by Crippen LogP contribution is 2.29. The fourth-order valence-corrected chi connectivity index (χ4v) is 3.62. The molecule has 1 unspecified atom stereocenters. The lowest BCUT2D eigenvalue weighted by atomic mass is 10.00. The predicted molar refractivity (Wildman–Crippen MR) is 80.6 cm³/mol. The second kappa shape index (κ2) is 6.90. The molecular formula is C16H29N3O. The lowest BCUT2D eigenvalue weighted by Crippen LogP contribution is -2.45. The lowest BCUT2D eigenvalue weighted by molar-refractivity contribution is -0.122. The summed E-state index contributed by atoms with van der Waals surface area (Å²) in [5.74, 6) is 0.266. The number of carbonyl (C=O) groups excluding carboxylic acids is 1. The summed E-state index contributed by atoms with van der Waals surface area (Å²) in [6.45, 7) is 3.49. The highest BCUT2D eigenvalue weighted by Gasteiger charge is 2.32. The highest BCUT2D eigenvalue weighted by atomic mass is 16.1. The Morgan fingerprint density at radius 3 is 2.55 bits per heavy atom. The molecule has 2 heterocycles. The van der Waals surface area contributed by atoms with Crippen molar-refractivity contribution in [2.45, 2.75) is 75.9 Å². The molecule has 1 saturated carbocycles. The van der Waals surface area contributed by atoms with Gasteiger partial charge in [0.05, 0.1) is 0 Å². The molecular weight excluding hydrogens is 250 g/mol. The first-order valence-electron chi connectivity index (χ1n) is 8.58. The van der Waals surface area contributed by atoms with E-state index in [1.165, 1.54) is 45.2 Å². The number of hydrogen-bond acceptors (Lipinski definition) is 3. The molecule has 1 aliphatic carbocycles. The molecule has 0 bridgehead atoms. The number of hydrogen-bond donors (Lipinski definition) is 2. The van der Waals surface area contributed by atoms with Crippen LogP contribution in [0.2, 0.25) is 0 Å². The lowest BCUT2D eigenvalue weighted by Gasteiger charge is -2.32. The van der Waals surface area contributed by atoms with E-state index in [1.54, 1.807) is 0 Å². The van der Waals surface area contributed by atoms with E-state index in [4.69, 9.17) is 0 Å². The molecule has 3 aliphatic rings. The average Bonchev–Trinajstić information content (AvgIpc) is 3.32. The van der Waals surface area contributed by atoms with Crippen molar-refractivity contribution >= 4 is 5.91 Å². The van der Waals surface area contributed by atoms with E-state index in [2.05, 4.69) is 15.5 Å². The van der Waals surface area contributed by atoms with Gasteiger partial charge in [-0.25, -0.2) is 0 Å². The van der Waals surface area contributed by atoms with Crippen molar-refractivity contribution < 1.29 is 4.79 Å². The minimum atomic E-state index is 0.266. The fourth-order valence-electron chi connectivity index (χ4n) is 3.62. The van der Waals surface area contributed by atoms with Crippen molar-refractivity contribution in [3.63, 3.8) is 0 Å². The summed E-state index contributed by atoms with van der Waals surface area (Å²) < 4.78 is 0. The number of piperidine rings is 2. The summed E-state index contributed by atoms with van der Waals surface area (Å²) in [5, 5.41) is 6.76. The van der Waals surface area contributed by atoms with Gasteiger partial charge in [-0.3, -0.25) is 4.79 Å². The zero-order chi connectivity index (χ0) is 13.8. The number of nitrogens with zero attached hydrogens (tertiary/aromatic N) is 1. The monoisotopic (exact) mass is 279 g/mol. The Labute approximate surface area is 122 Å². The van der Waals surface area contributed by atoms with Gasteiger partial charge in [0.15, 0.2) is 0 Å². The summed E-state index contributed by atoms with van der Waals surface area (Å²) in [5.41, 5.74) is 0. The zero-order valence-corrected chi connectivity index (χ0v) is 12.6. The molecule has 1 amide bonds. The van der Waals surface area contributed by atoms with Gasteiger partial charge < -0.3 is 15.5 Å². The molecule has 4 heteroatoms. The third-order valence-corrected chi connectivity index (χ3v) is 5.09. The molecule has 20 heavy (non-hydrogen) atoms. The summed E-state index contributed by atoms with van der Waals surface area (Å²) in [6.07, 6.45) is 10.6. The standard InChI is InChI=1S/C16H29N3O/c20-16(7-4-13-3-1-2-10-17-13)18-14-8-11-19(12-9-14)15-5-6-15/h13-15,17H,1-12H2,(H,18,20). The van der Waals surface area contributed by atoms with Gasteiger partial charge in [-0.1, -0.05) is 6.42 Å². The Bertz CT molecular complexity index is 316. The van der Waals surface area contributed by atoms with E-state index in [-0.39, 0.29) is 5.91 Å². The normalized spacial score (nSPS) is 29.3. The quantitative estimate of drug-likeness (QED) is 0.804. The third kappa shape index (κ3) is 4.19. The Morgan fingerprint density at radius 1 is 1.10 bits per heavy atom. The van der Waals surface area contributed by atoms with E-state index >= 15 is 0 Å². The van der Waals surface area contributed by atoms with Gasteiger partial charge in [0.2, 0.25) is 5.91 Å². The summed E-state index contributed by atoms with van der Waals surface area (Å²) >= 11 is 0. The van der Waals surface area contributed by atoms with E-state index in [9.17, 15) is 4.79 Å². The summed E-state index contributed by atoms with van der Waals surface area (Å²) in [4.78, 5) is 14.6. The molecule has 2 saturated heterocycles. The zero-order valence-electron chi connectivity index (χ0n) is 12.6. The maximum Gasteiger partial charge on any atom is 0.220 e.